The molecule has 0 bridgehead atoms. The third-order valence-electron chi connectivity index (χ3n) is 2.54. The third-order valence-corrected chi connectivity index (χ3v) is 2.54. The largest absolute Gasteiger partial charge is 0.462 e. The Labute approximate surface area is 101 Å². The molecule has 0 amide bonds. The number of nitriles is 1. The molecule has 0 aromatic rings. The molecule has 0 atom stereocenters. The van der Waals surface area contributed by atoms with E-state index in [2.05, 4.69) is 4.99 Å². The molecule has 0 unspecified atom stereocenters. The van der Waals surface area contributed by atoms with E-state index < -0.39 is 5.97 Å². The van der Waals surface area contributed by atoms with E-state index in [1.165, 1.54) is 6.20 Å². The van der Waals surface area contributed by atoms with Crippen LogP contribution in [0.15, 0.2) is 16.8 Å². The zero-order valence-electron chi connectivity index (χ0n) is 10.3. The number of carbonyl (C=O) groups is 1. The number of likely N-dealkylation sites (tertiary alicyclic amines) is 1. The zero-order valence-corrected chi connectivity index (χ0v) is 10.3. The highest BCUT2D eigenvalue weighted by molar-refractivity contribution is 5.93. The van der Waals surface area contributed by atoms with Crippen molar-refractivity contribution in [3.05, 3.63) is 11.8 Å². The number of piperidine rings is 1. The van der Waals surface area contributed by atoms with Crippen LogP contribution in [0, 0.1) is 11.3 Å². The van der Waals surface area contributed by atoms with E-state index >= 15 is 0 Å². The van der Waals surface area contributed by atoms with Crippen LogP contribution in [-0.2, 0) is 9.53 Å². The molecule has 1 fully saturated rings. The predicted molar refractivity (Wildman–Crippen MR) is 64.2 cm³/mol. The van der Waals surface area contributed by atoms with Crippen LogP contribution in [0.25, 0.3) is 0 Å². The maximum Gasteiger partial charge on any atom is 0.350 e. The van der Waals surface area contributed by atoms with Crippen molar-refractivity contribution in [3.63, 3.8) is 0 Å². The van der Waals surface area contributed by atoms with Crippen molar-refractivity contribution in [2.45, 2.75) is 26.2 Å². The molecule has 1 rings (SSSR count). The van der Waals surface area contributed by atoms with Crippen molar-refractivity contribution in [1.82, 2.24) is 4.90 Å². The summed E-state index contributed by atoms with van der Waals surface area (Å²) in [7, 11) is 1.96. The molecule has 92 valence electrons. The molecule has 1 aliphatic rings. The van der Waals surface area contributed by atoms with Crippen LogP contribution in [0.5, 0.6) is 0 Å². The van der Waals surface area contributed by atoms with Crippen LogP contribution in [0.3, 0.4) is 0 Å². The SMILES string of the molecule is CCOC(=O)/C(C#N)=C\N=C1CCCCN1C. The van der Waals surface area contributed by atoms with Gasteiger partial charge in [-0.1, -0.05) is 0 Å². The maximum absolute atomic E-state index is 11.3. The normalized spacial score (nSPS) is 19.0. The van der Waals surface area contributed by atoms with Crippen molar-refractivity contribution >= 4 is 11.8 Å². The summed E-state index contributed by atoms with van der Waals surface area (Å²) in [6.45, 7) is 2.93. The van der Waals surface area contributed by atoms with Gasteiger partial charge in [0.25, 0.3) is 0 Å². The van der Waals surface area contributed by atoms with Crippen LogP contribution >= 0.6 is 0 Å². The fourth-order valence-electron chi connectivity index (χ4n) is 1.59. The molecule has 0 N–H and O–H groups in total. The minimum absolute atomic E-state index is 0.0571. The minimum Gasteiger partial charge on any atom is -0.462 e. The van der Waals surface area contributed by atoms with Gasteiger partial charge in [0.1, 0.15) is 11.9 Å². The highest BCUT2D eigenvalue weighted by atomic mass is 16.5. The second-order valence-electron chi connectivity index (χ2n) is 3.80. The number of amidine groups is 1. The van der Waals surface area contributed by atoms with Crippen molar-refractivity contribution in [2.24, 2.45) is 4.99 Å². The lowest BCUT2D eigenvalue weighted by Crippen LogP contribution is -2.31. The van der Waals surface area contributed by atoms with E-state index in [0.29, 0.717) is 0 Å². The van der Waals surface area contributed by atoms with Gasteiger partial charge < -0.3 is 9.64 Å². The molecule has 0 saturated carbocycles. The Bertz CT molecular complexity index is 380. The van der Waals surface area contributed by atoms with Crippen LogP contribution in [0.1, 0.15) is 26.2 Å². The summed E-state index contributed by atoms with van der Waals surface area (Å²) >= 11 is 0. The summed E-state index contributed by atoms with van der Waals surface area (Å²) in [6, 6.07) is 1.80. The van der Waals surface area contributed by atoms with E-state index in [-0.39, 0.29) is 12.2 Å². The molecule has 0 radical (unpaired) electrons. The van der Waals surface area contributed by atoms with Crippen molar-refractivity contribution in [1.29, 1.82) is 5.26 Å². The van der Waals surface area contributed by atoms with Crippen LogP contribution < -0.4 is 0 Å². The quantitative estimate of drug-likeness (QED) is 0.422. The topological polar surface area (TPSA) is 65.7 Å². The first-order chi connectivity index (χ1) is 8.19. The Morgan fingerprint density at radius 2 is 2.41 bits per heavy atom. The standard InChI is InChI=1S/C12H17N3O2/c1-3-17-12(16)10(8-13)9-14-11-6-4-5-7-15(11)2/h9H,3-7H2,1-2H3/b10-9-,14-11?. The molecular weight excluding hydrogens is 218 g/mol. The summed E-state index contributed by atoms with van der Waals surface area (Å²) in [4.78, 5) is 17.6. The van der Waals surface area contributed by atoms with Gasteiger partial charge in [-0.05, 0) is 19.8 Å². The summed E-state index contributed by atoms with van der Waals surface area (Å²) in [6.07, 6.45) is 4.43. The Balaban J connectivity index is 2.75. The Kier molecular flexibility index (Phi) is 5.21. The first kappa shape index (κ1) is 13.2. The number of hydrogen-bond acceptors (Lipinski definition) is 4. The van der Waals surface area contributed by atoms with Crippen molar-refractivity contribution in [3.8, 4) is 6.07 Å². The highest BCUT2D eigenvalue weighted by Crippen LogP contribution is 2.10. The molecule has 0 aromatic heterocycles. The average molecular weight is 235 g/mol. The fourth-order valence-corrected chi connectivity index (χ4v) is 1.59. The predicted octanol–water partition coefficient (Wildman–Crippen LogP) is 1.47. The number of rotatable bonds is 3. The van der Waals surface area contributed by atoms with E-state index in [1.807, 2.05) is 11.9 Å². The molecule has 0 spiro atoms. The van der Waals surface area contributed by atoms with Gasteiger partial charge in [0, 0.05) is 20.0 Å². The third kappa shape index (κ3) is 3.91. The van der Waals surface area contributed by atoms with Crippen LogP contribution in [0.2, 0.25) is 0 Å². The molecule has 5 nitrogen and oxygen atoms in total. The van der Waals surface area contributed by atoms with E-state index in [1.54, 1.807) is 13.0 Å². The summed E-state index contributed by atoms with van der Waals surface area (Å²) in [5.41, 5.74) is -0.0571. The van der Waals surface area contributed by atoms with Crippen LogP contribution in [0.4, 0.5) is 0 Å². The van der Waals surface area contributed by atoms with E-state index in [9.17, 15) is 4.79 Å². The number of hydrogen-bond donors (Lipinski definition) is 0. The average Bonchev–Trinajstić information content (AvgIpc) is 2.32. The first-order valence-corrected chi connectivity index (χ1v) is 5.74. The molecule has 0 aliphatic carbocycles. The van der Waals surface area contributed by atoms with Crippen LogP contribution in [-0.4, -0.2) is 36.9 Å². The first-order valence-electron chi connectivity index (χ1n) is 5.74. The summed E-state index contributed by atoms with van der Waals surface area (Å²) in [5.74, 6) is 0.297. The number of esters is 1. The van der Waals surface area contributed by atoms with Gasteiger partial charge in [-0.25, -0.2) is 9.79 Å². The second-order valence-corrected chi connectivity index (χ2v) is 3.80. The maximum atomic E-state index is 11.3. The lowest BCUT2D eigenvalue weighted by molar-refractivity contribution is -0.138. The van der Waals surface area contributed by atoms with Gasteiger partial charge in [0.15, 0.2) is 5.57 Å². The Hall–Kier alpha value is -1.83. The van der Waals surface area contributed by atoms with E-state index in [4.69, 9.17) is 10.00 Å². The highest BCUT2D eigenvalue weighted by Gasteiger charge is 2.13. The summed E-state index contributed by atoms with van der Waals surface area (Å²) in [5, 5.41) is 8.82. The number of nitrogens with zero attached hydrogens (tertiary/aromatic N) is 3. The van der Waals surface area contributed by atoms with Gasteiger partial charge in [-0.15, -0.1) is 0 Å². The van der Waals surface area contributed by atoms with Gasteiger partial charge in [-0.2, -0.15) is 5.26 Å². The lowest BCUT2D eigenvalue weighted by atomic mass is 10.1. The second kappa shape index (κ2) is 6.69. The molecule has 0 aromatic carbocycles. The van der Waals surface area contributed by atoms with Crippen molar-refractivity contribution in [2.75, 3.05) is 20.2 Å². The number of carbonyl (C=O) groups excluding carboxylic acids is 1. The fraction of sp³-hybridized carbons (Fsp3) is 0.583. The summed E-state index contributed by atoms with van der Waals surface area (Å²) < 4.78 is 4.75. The Morgan fingerprint density at radius 3 is 3.00 bits per heavy atom. The Morgan fingerprint density at radius 1 is 1.65 bits per heavy atom. The molecule has 1 heterocycles. The molecule has 17 heavy (non-hydrogen) atoms. The monoisotopic (exact) mass is 235 g/mol. The zero-order chi connectivity index (χ0) is 12.7. The van der Waals surface area contributed by atoms with Gasteiger partial charge in [0.05, 0.1) is 12.8 Å². The molecule has 1 saturated heterocycles. The van der Waals surface area contributed by atoms with E-state index in [0.717, 1.165) is 31.6 Å². The molecular formula is C12H17N3O2. The minimum atomic E-state index is -0.613. The van der Waals surface area contributed by atoms with Gasteiger partial charge in [-0.3, -0.25) is 0 Å². The lowest BCUT2D eigenvalue weighted by Gasteiger charge is -2.25. The molecule has 5 heteroatoms. The van der Waals surface area contributed by atoms with Crippen molar-refractivity contribution < 1.29 is 9.53 Å². The van der Waals surface area contributed by atoms with Gasteiger partial charge in [0.2, 0.25) is 0 Å². The van der Waals surface area contributed by atoms with Gasteiger partial charge >= 0.3 is 5.97 Å². The smallest absolute Gasteiger partial charge is 0.350 e. The molecule has 1 aliphatic heterocycles. The number of aliphatic imine (C=N–C) groups is 1. The number of ether oxygens (including phenoxy) is 1.